The summed E-state index contributed by atoms with van der Waals surface area (Å²) in [4.78, 5) is 47.8. The Bertz CT molecular complexity index is 6280. The molecule has 0 atom stereocenters. The van der Waals surface area contributed by atoms with Crippen molar-refractivity contribution in [1.29, 1.82) is 0 Å². The number of rotatable bonds is 15. The van der Waals surface area contributed by atoms with Crippen molar-refractivity contribution in [1.82, 2.24) is 58.6 Å². The standard InChI is InChI=1S/C99H63N13/c1-7-25-64(26-8-1)91-100-92(65-27-9-2-10-28-65)104-97(103-91)70-43-49-73(50-44-70)110-85-40-22-19-37-79(85)82-61-76(55-58-88(82)110)109(77-56-59-89-83(62-77)80-38-20-23-41-86(80)111(89)74-51-45-71(46-52-74)98-105-93(66-29-11-3-12-30-66)101-94(106-98)67-31-13-4-14-32-67)78-57-60-90-84(63-78)81-39-21-24-42-87(81)112(90)75-53-47-72(48-54-75)99-107-95(68-33-15-5-16-34-68)102-96(108-99)69-35-17-6-18-36-69/h1-63H. The van der Waals surface area contributed by atoms with E-state index in [0.29, 0.717) is 52.4 Å². The zero-order valence-corrected chi connectivity index (χ0v) is 60.2. The predicted molar refractivity (Wildman–Crippen MR) is 453 cm³/mol. The maximum atomic E-state index is 5.08. The van der Waals surface area contributed by atoms with Gasteiger partial charge in [-0.25, -0.2) is 44.9 Å². The zero-order valence-electron chi connectivity index (χ0n) is 60.2. The highest BCUT2D eigenvalue weighted by atomic mass is 15.1. The van der Waals surface area contributed by atoms with Crippen molar-refractivity contribution in [3.8, 4) is 120 Å². The van der Waals surface area contributed by atoms with E-state index >= 15 is 0 Å². The van der Waals surface area contributed by atoms with E-state index in [9.17, 15) is 0 Å². The minimum absolute atomic E-state index is 0.598. The number of hydrogen-bond acceptors (Lipinski definition) is 10. The van der Waals surface area contributed by atoms with Gasteiger partial charge in [-0.2, -0.15) is 0 Å². The summed E-state index contributed by atoms with van der Waals surface area (Å²) in [7, 11) is 0. The summed E-state index contributed by atoms with van der Waals surface area (Å²) in [5.41, 5.74) is 20.6. The Labute approximate surface area is 643 Å². The molecule has 0 fully saturated rings. The van der Waals surface area contributed by atoms with E-state index in [1.807, 2.05) is 182 Å². The van der Waals surface area contributed by atoms with E-state index < -0.39 is 0 Å². The molecule has 6 heterocycles. The number of nitrogens with zero attached hydrogens (tertiary/aromatic N) is 13. The number of anilines is 3. The number of fused-ring (bicyclic) bond motifs is 9. The first-order valence-corrected chi connectivity index (χ1v) is 37.3. The van der Waals surface area contributed by atoms with E-state index in [0.717, 1.165) is 150 Å². The van der Waals surface area contributed by atoms with Crippen molar-refractivity contribution < 1.29 is 0 Å². The van der Waals surface area contributed by atoms with E-state index in [1.165, 1.54) is 0 Å². The third kappa shape index (κ3) is 11.6. The minimum atomic E-state index is 0.598. The molecular formula is C99H63N13. The maximum absolute atomic E-state index is 5.08. The first-order valence-electron chi connectivity index (χ1n) is 37.3. The Balaban J connectivity index is 0.698. The molecule has 112 heavy (non-hydrogen) atoms. The van der Waals surface area contributed by atoms with Gasteiger partial charge in [-0.05, 0) is 146 Å². The molecule has 13 nitrogen and oxygen atoms in total. The second kappa shape index (κ2) is 27.4. The van der Waals surface area contributed by atoms with E-state index in [2.05, 4.69) is 219 Å². The monoisotopic (exact) mass is 1430 g/mol. The van der Waals surface area contributed by atoms with Crippen molar-refractivity contribution in [2.24, 2.45) is 0 Å². The van der Waals surface area contributed by atoms with Crippen LogP contribution in [0.3, 0.4) is 0 Å². The van der Waals surface area contributed by atoms with Crippen LogP contribution in [0.25, 0.3) is 185 Å². The number of benzene rings is 15. The lowest BCUT2D eigenvalue weighted by atomic mass is 10.1. The third-order valence-electron chi connectivity index (χ3n) is 21.0. The molecule has 0 aliphatic carbocycles. The van der Waals surface area contributed by atoms with Gasteiger partial charge in [0, 0.05) is 117 Å². The summed E-state index contributed by atoms with van der Waals surface area (Å²) in [6.45, 7) is 0. The van der Waals surface area contributed by atoms with Gasteiger partial charge in [0.15, 0.2) is 52.4 Å². The van der Waals surface area contributed by atoms with Crippen LogP contribution in [0.4, 0.5) is 17.1 Å². The molecule has 0 bridgehead atoms. The molecule has 0 aliphatic rings. The summed E-state index contributed by atoms with van der Waals surface area (Å²) < 4.78 is 7.09. The fourth-order valence-electron chi connectivity index (χ4n) is 15.7. The predicted octanol–water partition coefficient (Wildman–Crippen LogP) is 24.0. The van der Waals surface area contributed by atoms with Gasteiger partial charge in [-0.1, -0.05) is 237 Å². The van der Waals surface area contributed by atoms with Crippen LogP contribution in [0.5, 0.6) is 0 Å². The lowest BCUT2D eigenvalue weighted by Crippen LogP contribution is -2.10. The van der Waals surface area contributed by atoms with Crippen molar-refractivity contribution >= 4 is 82.5 Å². The van der Waals surface area contributed by atoms with Gasteiger partial charge in [0.2, 0.25) is 0 Å². The second-order valence-electron chi connectivity index (χ2n) is 27.8. The van der Waals surface area contributed by atoms with Crippen LogP contribution in [-0.2, 0) is 0 Å². The smallest absolute Gasteiger partial charge is 0.164 e. The second-order valence-corrected chi connectivity index (χ2v) is 27.8. The highest BCUT2D eigenvalue weighted by molar-refractivity contribution is 6.14. The molecule has 21 rings (SSSR count). The Morgan fingerprint density at radius 1 is 0.152 bits per heavy atom. The summed E-state index contributed by atoms with van der Waals surface area (Å²) in [6.07, 6.45) is 0. The van der Waals surface area contributed by atoms with Gasteiger partial charge in [-0.3, -0.25) is 0 Å². The fourth-order valence-corrected chi connectivity index (χ4v) is 15.7. The zero-order chi connectivity index (χ0) is 74.0. The molecule has 0 N–H and O–H groups in total. The van der Waals surface area contributed by atoms with Crippen LogP contribution >= 0.6 is 0 Å². The molecule has 15 aromatic carbocycles. The Morgan fingerprint density at radius 2 is 0.330 bits per heavy atom. The normalized spacial score (nSPS) is 11.6. The Kier molecular flexibility index (Phi) is 15.9. The molecule has 13 heteroatoms. The molecule has 0 saturated heterocycles. The highest BCUT2D eigenvalue weighted by Gasteiger charge is 2.25. The molecule has 0 spiro atoms. The van der Waals surface area contributed by atoms with Crippen molar-refractivity contribution in [3.63, 3.8) is 0 Å². The quantitative estimate of drug-likeness (QED) is 0.0976. The average molecular weight is 1430 g/mol. The van der Waals surface area contributed by atoms with E-state index in [4.69, 9.17) is 44.9 Å². The Hall–Kier alpha value is -15.5. The van der Waals surface area contributed by atoms with Crippen LogP contribution < -0.4 is 4.90 Å². The lowest BCUT2D eigenvalue weighted by Gasteiger charge is -2.26. The first-order chi connectivity index (χ1) is 55.5. The number of hydrogen-bond donors (Lipinski definition) is 0. The molecule has 0 aliphatic heterocycles. The van der Waals surface area contributed by atoms with Gasteiger partial charge in [-0.15, -0.1) is 0 Å². The van der Waals surface area contributed by atoms with Gasteiger partial charge in [0.25, 0.3) is 0 Å². The van der Waals surface area contributed by atoms with Gasteiger partial charge >= 0.3 is 0 Å². The van der Waals surface area contributed by atoms with Gasteiger partial charge in [0.1, 0.15) is 0 Å². The van der Waals surface area contributed by atoms with Crippen LogP contribution in [0.2, 0.25) is 0 Å². The third-order valence-corrected chi connectivity index (χ3v) is 21.0. The summed E-state index contributed by atoms with van der Waals surface area (Å²) in [6, 6.07) is 133. The summed E-state index contributed by atoms with van der Waals surface area (Å²) in [5, 5.41) is 6.71. The first kappa shape index (κ1) is 64.9. The number of aromatic nitrogens is 12. The van der Waals surface area contributed by atoms with Crippen LogP contribution in [-0.4, -0.2) is 58.6 Å². The molecule has 0 unspecified atom stereocenters. The van der Waals surface area contributed by atoms with E-state index in [1.54, 1.807) is 0 Å². The van der Waals surface area contributed by atoms with Crippen molar-refractivity contribution in [2.75, 3.05) is 4.90 Å². The van der Waals surface area contributed by atoms with Crippen LogP contribution in [0, 0.1) is 0 Å². The molecule has 6 aromatic heterocycles. The number of para-hydroxylation sites is 3. The molecule has 21 aromatic rings. The van der Waals surface area contributed by atoms with Crippen molar-refractivity contribution in [2.45, 2.75) is 0 Å². The maximum Gasteiger partial charge on any atom is 0.164 e. The van der Waals surface area contributed by atoms with E-state index in [-0.39, 0.29) is 0 Å². The van der Waals surface area contributed by atoms with Crippen LogP contribution in [0.1, 0.15) is 0 Å². The Morgan fingerprint density at radius 3 is 0.545 bits per heavy atom. The molecule has 0 amide bonds. The SMILES string of the molecule is c1ccc(-c2nc(-c3ccccc3)nc(-c3ccc(-n4c5ccccc5c5cc(N(c6ccc7c(c6)c6ccccc6n7-c6ccc(-c7nc(-c8ccccc8)nc(-c8ccccc8)n7)cc6)c6ccc7c(c6)c6ccccc6n7-c6ccc(-c7nc(-c8ccccc8)nc(-c8ccccc8)n7)cc6)ccc54)cc3)n2)cc1. The molecule has 0 radical (unpaired) electrons. The fraction of sp³-hybridized carbons (Fsp3) is 0. The van der Waals surface area contributed by atoms with Gasteiger partial charge < -0.3 is 18.6 Å². The largest absolute Gasteiger partial charge is 0.310 e. The topological polar surface area (TPSA) is 134 Å². The molecular weight excluding hydrogens is 1370 g/mol. The highest BCUT2D eigenvalue weighted by Crippen LogP contribution is 2.46. The molecule has 0 saturated carbocycles. The van der Waals surface area contributed by atoms with Crippen molar-refractivity contribution in [3.05, 3.63) is 382 Å². The molecule has 524 valence electrons. The van der Waals surface area contributed by atoms with Gasteiger partial charge in [0.05, 0.1) is 33.1 Å². The minimum Gasteiger partial charge on any atom is -0.310 e. The summed E-state index contributed by atoms with van der Waals surface area (Å²) in [5.74, 6) is 5.50. The van der Waals surface area contributed by atoms with Crippen LogP contribution in [0.15, 0.2) is 382 Å². The summed E-state index contributed by atoms with van der Waals surface area (Å²) >= 11 is 0. The lowest BCUT2D eigenvalue weighted by molar-refractivity contribution is 1.07. The average Bonchev–Trinajstić information content (AvgIpc) is 1.57.